The summed E-state index contributed by atoms with van der Waals surface area (Å²) in [6.07, 6.45) is -3.80. The van der Waals surface area contributed by atoms with Crippen LogP contribution in [0.5, 0.6) is 0 Å². The zero-order valence-corrected chi connectivity index (χ0v) is 25.9. The summed E-state index contributed by atoms with van der Waals surface area (Å²) < 4.78 is 51.2. The molecule has 12 atom stereocenters. The van der Waals surface area contributed by atoms with Crippen molar-refractivity contribution in [2.75, 3.05) is 39.9 Å². The van der Waals surface area contributed by atoms with Crippen LogP contribution in [0.25, 0.3) is 0 Å². The van der Waals surface area contributed by atoms with E-state index in [-0.39, 0.29) is 77.4 Å². The number of carbonyl (C=O) groups is 2. The van der Waals surface area contributed by atoms with Crippen molar-refractivity contribution in [1.82, 2.24) is 31.5 Å². The maximum atomic E-state index is 13.6. The van der Waals surface area contributed by atoms with Crippen molar-refractivity contribution >= 4 is 35.2 Å². The molecule has 12 unspecified atom stereocenters. The summed E-state index contributed by atoms with van der Waals surface area (Å²) in [7, 11) is 1.71. The SMILES string of the molecule is CCOC1NC(C(F)(F)F)CCC1C(=O)N1CC2NC(NC(=O)C3CNC(C)CC3C3CC(Cl)NCC3OC)SC2C1. The summed E-state index contributed by atoms with van der Waals surface area (Å²) in [4.78, 5) is 28.8. The predicted octanol–water partition coefficient (Wildman–Crippen LogP) is 1.40. The van der Waals surface area contributed by atoms with E-state index in [9.17, 15) is 22.8 Å². The predicted molar refractivity (Wildman–Crippen MR) is 154 cm³/mol. The Bertz CT molecular complexity index is 957. The number of nitrogens with one attached hydrogen (secondary N) is 5. The smallest absolute Gasteiger partial charge is 0.380 e. The van der Waals surface area contributed by atoms with Gasteiger partial charge in [0.1, 0.15) is 17.8 Å². The molecule has 5 fully saturated rings. The largest absolute Gasteiger partial charge is 0.403 e. The number of alkyl halides is 4. The lowest BCUT2D eigenvalue weighted by Crippen LogP contribution is -2.58. The highest BCUT2D eigenvalue weighted by atomic mass is 35.5. The Morgan fingerprint density at radius 3 is 2.55 bits per heavy atom. The van der Waals surface area contributed by atoms with Crippen LogP contribution in [0.1, 0.15) is 39.5 Å². The van der Waals surface area contributed by atoms with E-state index in [4.69, 9.17) is 21.1 Å². The van der Waals surface area contributed by atoms with Crippen LogP contribution in [0.2, 0.25) is 0 Å². The summed E-state index contributed by atoms with van der Waals surface area (Å²) in [5, 5.41) is 16.0. The third kappa shape index (κ3) is 7.16. The molecule has 5 aliphatic heterocycles. The van der Waals surface area contributed by atoms with Crippen molar-refractivity contribution in [1.29, 1.82) is 0 Å². The first-order valence-electron chi connectivity index (χ1n) is 15.1. The van der Waals surface area contributed by atoms with Crippen molar-refractivity contribution < 1.29 is 32.2 Å². The van der Waals surface area contributed by atoms with Crippen LogP contribution in [0.3, 0.4) is 0 Å². The second-order valence-corrected chi connectivity index (χ2v) is 14.1. The van der Waals surface area contributed by atoms with E-state index in [0.717, 1.165) is 12.8 Å². The summed E-state index contributed by atoms with van der Waals surface area (Å²) in [5.41, 5.74) is -0.427. The zero-order valence-electron chi connectivity index (χ0n) is 24.3. The number of fused-ring (bicyclic) bond motifs is 1. The quantitative estimate of drug-likeness (QED) is 0.208. The van der Waals surface area contributed by atoms with E-state index < -0.39 is 24.4 Å². The molecular weight excluding hydrogens is 597 g/mol. The Balaban J connectivity index is 1.15. The Morgan fingerprint density at radius 2 is 1.86 bits per heavy atom. The van der Waals surface area contributed by atoms with Crippen LogP contribution >= 0.6 is 23.4 Å². The molecule has 0 aromatic carbocycles. The first-order chi connectivity index (χ1) is 20.0. The monoisotopic (exact) mass is 640 g/mol. The number of likely N-dealkylation sites (tertiary alicyclic amines) is 1. The van der Waals surface area contributed by atoms with E-state index >= 15 is 0 Å². The van der Waals surface area contributed by atoms with E-state index in [1.54, 1.807) is 30.7 Å². The van der Waals surface area contributed by atoms with Crippen LogP contribution in [-0.4, -0.2) is 109 Å². The number of thioether (sulfide) groups is 1. The average Bonchev–Trinajstić information content (AvgIpc) is 3.51. The van der Waals surface area contributed by atoms with Gasteiger partial charge in [0.2, 0.25) is 11.8 Å². The number of nitrogens with zero attached hydrogens (tertiary/aromatic N) is 1. The second kappa shape index (κ2) is 13.6. The van der Waals surface area contributed by atoms with Crippen molar-refractivity contribution in [3.05, 3.63) is 0 Å². The van der Waals surface area contributed by atoms with Gasteiger partial charge in [-0.15, -0.1) is 23.4 Å². The van der Waals surface area contributed by atoms with E-state index in [0.29, 0.717) is 32.2 Å². The van der Waals surface area contributed by atoms with Gasteiger partial charge in [-0.3, -0.25) is 25.5 Å². The van der Waals surface area contributed by atoms with Crippen molar-refractivity contribution in [3.8, 4) is 0 Å². The minimum absolute atomic E-state index is 0.00602. The molecule has 5 saturated heterocycles. The van der Waals surface area contributed by atoms with Gasteiger partial charge >= 0.3 is 6.18 Å². The molecule has 5 heterocycles. The molecule has 0 aliphatic carbocycles. The van der Waals surface area contributed by atoms with Crippen molar-refractivity contribution in [3.63, 3.8) is 0 Å². The standard InChI is InChI=1S/C27H44ClF3N6O4S/c1-4-41-24-14(5-6-21(35-24)27(29,30)31)25(39)37-11-18-20(12-37)42-26(34-18)36-23(38)17-9-32-13(2)7-15(17)16-8-22(28)33-10-19(16)40-3/h13-22,24,26,32-35H,4-12H2,1-3H3,(H,36,38). The zero-order chi connectivity index (χ0) is 30.2. The van der Waals surface area contributed by atoms with Gasteiger partial charge < -0.3 is 25.0 Å². The highest BCUT2D eigenvalue weighted by Crippen LogP contribution is 2.39. The van der Waals surface area contributed by atoms with Gasteiger partial charge in [0.05, 0.1) is 23.4 Å². The topological polar surface area (TPSA) is 116 Å². The molecule has 10 nitrogen and oxygen atoms in total. The third-order valence-corrected chi connectivity index (χ3v) is 11.3. The van der Waals surface area contributed by atoms with Crippen molar-refractivity contribution in [2.24, 2.45) is 23.7 Å². The number of hydrogen-bond acceptors (Lipinski definition) is 9. The number of rotatable bonds is 7. The number of ether oxygens (including phenoxy) is 2. The van der Waals surface area contributed by atoms with E-state index in [2.05, 4.69) is 33.5 Å². The van der Waals surface area contributed by atoms with Gasteiger partial charge in [-0.25, -0.2) is 0 Å². The highest BCUT2D eigenvalue weighted by Gasteiger charge is 2.50. The maximum absolute atomic E-state index is 13.6. The fraction of sp³-hybridized carbons (Fsp3) is 0.926. The molecule has 5 N–H and O–H groups in total. The van der Waals surface area contributed by atoms with Gasteiger partial charge in [-0.2, -0.15) is 13.2 Å². The van der Waals surface area contributed by atoms with Gasteiger partial charge in [0.25, 0.3) is 0 Å². The Morgan fingerprint density at radius 1 is 1.07 bits per heavy atom. The molecule has 0 spiro atoms. The van der Waals surface area contributed by atoms with Gasteiger partial charge in [-0.05, 0) is 51.4 Å². The fourth-order valence-corrected chi connectivity index (χ4v) is 9.13. The summed E-state index contributed by atoms with van der Waals surface area (Å²) in [5.74, 6) is -0.780. The summed E-state index contributed by atoms with van der Waals surface area (Å²) >= 11 is 8.05. The minimum Gasteiger partial charge on any atom is -0.380 e. The van der Waals surface area contributed by atoms with Gasteiger partial charge in [0.15, 0.2) is 0 Å². The number of amides is 2. The molecule has 0 radical (unpaired) electrons. The molecule has 0 aromatic rings. The summed E-state index contributed by atoms with van der Waals surface area (Å²) in [6.45, 7) is 6.21. The lowest BCUT2D eigenvalue weighted by Gasteiger charge is -2.45. The first-order valence-corrected chi connectivity index (χ1v) is 16.4. The molecule has 5 rings (SSSR count). The molecular formula is C27H44ClF3N6O4S. The van der Waals surface area contributed by atoms with Crippen LogP contribution < -0.4 is 26.6 Å². The molecule has 15 heteroatoms. The van der Waals surface area contributed by atoms with E-state index in [1.165, 1.54) is 0 Å². The lowest BCUT2D eigenvalue weighted by molar-refractivity contribution is -0.185. The first kappa shape index (κ1) is 32.5. The highest BCUT2D eigenvalue weighted by molar-refractivity contribution is 8.00. The minimum atomic E-state index is -4.38. The van der Waals surface area contributed by atoms with Crippen LogP contribution in [-0.2, 0) is 19.1 Å². The van der Waals surface area contributed by atoms with Crippen LogP contribution in [0, 0.1) is 23.7 Å². The Hall–Kier alpha value is -0.870. The molecule has 42 heavy (non-hydrogen) atoms. The Kier molecular flexibility index (Phi) is 10.6. The molecule has 2 amide bonds. The van der Waals surface area contributed by atoms with E-state index in [1.807, 2.05) is 0 Å². The second-order valence-electron chi connectivity index (χ2n) is 12.3. The molecule has 0 saturated carbocycles. The van der Waals surface area contributed by atoms with Crippen LogP contribution in [0.15, 0.2) is 0 Å². The van der Waals surface area contributed by atoms with Gasteiger partial charge in [-0.1, -0.05) is 0 Å². The molecule has 240 valence electrons. The number of carbonyl (C=O) groups excluding carboxylic acids is 2. The summed E-state index contributed by atoms with van der Waals surface area (Å²) in [6, 6.07) is -1.40. The third-order valence-electron chi connectivity index (χ3n) is 9.60. The number of piperidine rings is 3. The normalized spacial score (nSPS) is 42.8. The molecule has 0 aromatic heterocycles. The Labute approximate surface area is 254 Å². The maximum Gasteiger partial charge on any atom is 0.403 e. The lowest BCUT2D eigenvalue weighted by atomic mass is 9.70. The molecule has 5 aliphatic rings. The number of halogens is 4. The number of hydrogen-bond donors (Lipinski definition) is 5. The number of methoxy groups -OCH3 is 1. The molecule has 0 bridgehead atoms. The fourth-order valence-electron chi connectivity index (χ4n) is 7.43. The average molecular weight is 641 g/mol. The van der Waals surface area contributed by atoms with Crippen molar-refractivity contribution in [2.45, 2.75) is 92.4 Å². The van der Waals surface area contributed by atoms with Crippen LogP contribution in [0.4, 0.5) is 13.2 Å². The van der Waals surface area contributed by atoms with Gasteiger partial charge in [0, 0.05) is 57.2 Å².